The van der Waals surface area contributed by atoms with Gasteiger partial charge in [-0.25, -0.2) is 4.79 Å². The minimum absolute atomic E-state index is 0.257. The fourth-order valence-corrected chi connectivity index (χ4v) is 1.33. The second-order valence-corrected chi connectivity index (χ2v) is 3.52. The van der Waals surface area contributed by atoms with E-state index in [0.29, 0.717) is 24.6 Å². The van der Waals surface area contributed by atoms with Crippen molar-refractivity contribution in [3.8, 4) is 0 Å². The van der Waals surface area contributed by atoms with Crippen molar-refractivity contribution in [1.82, 2.24) is 0 Å². The molecule has 1 aromatic rings. The van der Waals surface area contributed by atoms with E-state index >= 15 is 0 Å². The minimum atomic E-state index is -0.367. The number of nitrogens with two attached hydrogens (primary N) is 1. The molecule has 0 unspecified atom stereocenters. The lowest BCUT2D eigenvalue weighted by Crippen LogP contribution is -2.14. The molecule has 1 rings (SSSR count). The molecule has 0 radical (unpaired) electrons. The van der Waals surface area contributed by atoms with Gasteiger partial charge in [0.05, 0.1) is 12.2 Å². The van der Waals surface area contributed by atoms with Crippen LogP contribution < -0.4 is 5.73 Å². The number of benzene rings is 1. The third-order valence-electron chi connectivity index (χ3n) is 2.32. The van der Waals surface area contributed by atoms with Gasteiger partial charge >= 0.3 is 5.97 Å². The fourth-order valence-electron chi connectivity index (χ4n) is 1.33. The van der Waals surface area contributed by atoms with E-state index in [1.807, 2.05) is 6.92 Å². The van der Waals surface area contributed by atoms with E-state index in [4.69, 9.17) is 15.2 Å². The van der Waals surface area contributed by atoms with E-state index in [2.05, 4.69) is 4.99 Å². The van der Waals surface area contributed by atoms with Crippen molar-refractivity contribution in [2.45, 2.75) is 6.92 Å². The van der Waals surface area contributed by atoms with Gasteiger partial charge in [-0.2, -0.15) is 0 Å². The molecule has 0 aliphatic heterocycles. The topological polar surface area (TPSA) is 73.9 Å². The first kappa shape index (κ1) is 14.2. The van der Waals surface area contributed by atoms with Crippen molar-refractivity contribution >= 4 is 11.8 Å². The van der Waals surface area contributed by atoms with E-state index < -0.39 is 0 Å². The molecule has 2 N–H and O–H groups in total. The maximum Gasteiger partial charge on any atom is 0.338 e. The highest BCUT2D eigenvalue weighted by molar-refractivity contribution is 5.98. The molecule has 1 aromatic carbocycles. The number of carbonyl (C=O) groups excluding carboxylic acids is 1. The van der Waals surface area contributed by atoms with Crippen molar-refractivity contribution in [1.29, 1.82) is 0 Å². The van der Waals surface area contributed by atoms with Crippen LogP contribution in [0.3, 0.4) is 0 Å². The summed E-state index contributed by atoms with van der Waals surface area (Å²) in [5.41, 5.74) is 6.92. The Morgan fingerprint density at radius 2 is 1.83 bits per heavy atom. The summed E-state index contributed by atoms with van der Waals surface area (Å²) in [5.74, 6) is 0.0690. The number of amidine groups is 1. The van der Waals surface area contributed by atoms with Crippen molar-refractivity contribution in [3.63, 3.8) is 0 Å². The number of nitrogens with zero attached hydrogens (tertiary/aromatic N) is 1. The molecule has 0 spiro atoms. The number of carbonyl (C=O) groups is 1. The van der Waals surface area contributed by atoms with Gasteiger partial charge in [-0.15, -0.1) is 0 Å². The highest BCUT2D eigenvalue weighted by Gasteiger charge is 2.07. The molecule has 0 fully saturated rings. The monoisotopic (exact) mass is 250 g/mol. The summed E-state index contributed by atoms with van der Waals surface area (Å²) in [4.78, 5) is 15.5. The molecule has 0 aliphatic rings. The Balaban J connectivity index is 2.54. The lowest BCUT2D eigenvalue weighted by atomic mass is 10.1. The number of esters is 1. The molecule has 0 amide bonds. The first-order valence-corrected chi connectivity index (χ1v) is 5.76. The van der Waals surface area contributed by atoms with Gasteiger partial charge in [0, 0.05) is 19.2 Å². The zero-order valence-electron chi connectivity index (χ0n) is 10.7. The smallest absolute Gasteiger partial charge is 0.338 e. The van der Waals surface area contributed by atoms with E-state index in [9.17, 15) is 4.79 Å². The van der Waals surface area contributed by atoms with Gasteiger partial charge in [0.25, 0.3) is 0 Å². The Labute approximate surface area is 107 Å². The average Bonchev–Trinajstić information content (AvgIpc) is 2.42. The van der Waals surface area contributed by atoms with Crippen LogP contribution in [0.1, 0.15) is 22.8 Å². The van der Waals surface area contributed by atoms with Gasteiger partial charge in [-0.05, 0) is 19.1 Å². The molecule has 0 aliphatic carbocycles. The molecular formula is C13H18N2O3. The van der Waals surface area contributed by atoms with Crippen LogP contribution in [-0.4, -0.2) is 38.7 Å². The summed E-state index contributed by atoms with van der Waals surface area (Å²) in [6, 6.07) is 6.80. The lowest BCUT2D eigenvalue weighted by Gasteiger charge is -2.05. The number of hydrogen-bond donors (Lipinski definition) is 1. The summed E-state index contributed by atoms with van der Waals surface area (Å²) in [6.45, 7) is 3.17. The summed E-state index contributed by atoms with van der Waals surface area (Å²) in [5, 5.41) is 0. The quantitative estimate of drug-likeness (QED) is 0.356. The van der Waals surface area contributed by atoms with Crippen LogP contribution in [0.5, 0.6) is 0 Å². The van der Waals surface area contributed by atoms with Crippen LogP contribution in [0, 0.1) is 0 Å². The van der Waals surface area contributed by atoms with Crippen LogP contribution in [0.2, 0.25) is 0 Å². The van der Waals surface area contributed by atoms with Crippen molar-refractivity contribution < 1.29 is 14.3 Å². The zero-order chi connectivity index (χ0) is 13.4. The van der Waals surface area contributed by atoms with Gasteiger partial charge in [0.15, 0.2) is 0 Å². The lowest BCUT2D eigenvalue weighted by molar-refractivity contribution is 0.0335. The zero-order valence-corrected chi connectivity index (χ0v) is 10.7. The van der Waals surface area contributed by atoms with Gasteiger partial charge in [0.2, 0.25) is 0 Å². The highest BCUT2D eigenvalue weighted by Crippen LogP contribution is 2.06. The fraction of sp³-hybridized carbons (Fsp3) is 0.385. The van der Waals surface area contributed by atoms with Crippen LogP contribution in [0.4, 0.5) is 0 Å². The summed E-state index contributed by atoms with van der Waals surface area (Å²) in [6.07, 6.45) is 0. The molecule has 0 aromatic heterocycles. The van der Waals surface area contributed by atoms with Crippen LogP contribution >= 0.6 is 0 Å². The van der Waals surface area contributed by atoms with Crippen molar-refractivity contribution in [2.24, 2.45) is 10.7 Å². The number of aliphatic imine (C=N–C) groups is 1. The molecule has 0 bridgehead atoms. The predicted octanol–water partition coefficient (Wildman–Crippen LogP) is 1.22. The Kier molecular flexibility index (Phi) is 5.87. The Morgan fingerprint density at radius 1 is 1.22 bits per heavy atom. The van der Waals surface area contributed by atoms with Gasteiger partial charge in [0.1, 0.15) is 12.4 Å². The number of hydrogen-bond acceptors (Lipinski definition) is 4. The first-order valence-electron chi connectivity index (χ1n) is 5.76. The third kappa shape index (κ3) is 4.18. The molecule has 0 saturated carbocycles. The highest BCUT2D eigenvalue weighted by atomic mass is 16.6. The van der Waals surface area contributed by atoms with Crippen molar-refractivity contribution in [2.75, 3.05) is 26.9 Å². The second kappa shape index (κ2) is 7.45. The van der Waals surface area contributed by atoms with Gasteiger partial charge < -0.3 is 15.2 Å². The Morgan fingerprint density at radius 3 is 2.39 bits per heavy atom. The number of rotatable bonds is 6. The molecule has 18 heavy (non-hydrogen) atoms. The SMILES string of the molecule is CCOCCOC(=O)c1ccc(C(N)=NC)cc1. The summed E-state index contributed by atoms with van der Waals surface area (Å²) < 4.78 is 10.1. The largest absolute Gasteiger partial charge is 0.460 e. The van der Waals surface area contributed by atoms with E-state index in [1.54, 1.807) is 31.3 Å². The average molecular weight is 250 g/mol. The standard InChI is InChI=1S/C13H18N2O3/c1-3-17-8-9-18-13(16)11-6-4-10(5-7-11)12(14)15-2/h4-7H,3,8-9H2,1-2H3,(H2,14,15). The molecule has 0 saturated heterocycles. The molecule has 0 heterocycles. The Hall–Kier alpha value is -1.88. The van der Waals surface area contributed by atoms with Crippen LogP contribution in [0.25, 0.3) is 0 Å². The van der Waals surface area contributed by atoms with Crippen LogP contribution in [0.15, 0.2) is 29.3 Å². The maximum absolute atomic E-state index is 11.6. The van der Waals surface area contributed by atoms with Crippen molar-refractivity contribution in [3.05, 3.63) is 35.4 Å². The van der Waals surface area contributed by atoms with Gasteiger partial charge in [-0.3, -0.25) is 4.99 Å². The van der Waals surface area contributed by atoms with Gasteiger partial charge in [-0.1, -0.05) is 12.1 Å². The second-order valence-electron chi connectivity index (χ2n) is 3.52. The third-order valence-corrected chi connectivity index (χ3v) is 2.32. The summed E-state index contributed by atoms with van der Waals surface area (Å²) >= 11 is 0. The van der Waals surface area contributed by atoms with Crippen LogP contribution in [-0.2, 0) is 9.47 Å². The normalized spacial score (nSPS) is 11.3. The van der Waals surface area contributed by atoms with E-state index in [1.165, 1.54) is 0 Å². The van der Waals surface area contributed by atoms with E-state index in [0.717, 1.165) is 5.56 Å². The molecule has 5 heteroatoms. The first-order chi connectivity index (χ1) is 8.69. The predicted molar refractivity (Wildman–Crippen MR) is 69.9 cm³/mol. The minimum Gasteiger partial charge on any atom is -0.460 e. The maximum atomic E-state index is 11.6. The Bertz CT molecular complexity index is 413. The summed E-state index contributed by atoms with van der Waals surface area (Å²) in [7, 11) is 1.62. The molecule has 5 nitrogen and oxygen atoms in total. The molecular weight excluding hydrogens is 232 g/mol. The molecule has 98 valence electrons. The number of ether oxygens (including phenoxy) is 2. The van der Waals surface area contributed by atoms with E-state index in [-0.39, 0.29) is 12.6 Å². The molecule has 0 atom stereocenters.